The highest BCUT2D eigenvalue weighted by Crippen LogP contribution is 2.29. The molecule has 7 nitrogen and oxygen atoms in total. The van der Waals surface area contributed by atoms with Crippen LogP contribution in [0.4, 0.5) is 0 Å². The van der Waals surface area contributed by atoms with Crippen molar-refractivity contribution in [3.05, 3.63) is 59.9 Å². The van der Waals surface area contributed by atoms with Gasteiger partial charge in [0.2, 0.25) is 0 Å². The summed E-state index contributed by atoms with van der Waals surface area (Å²) in [6, 6.07) is 5.45. The van der Waals surface area contributed by atoms with Crippen LogP contribution >= 0.6 is 0 Å². The van der Waals surface area contributed by atoms with Gasteiger partial charge < -0.3 is 5.32 Å². The maximum Gasteiger partial charge on any atom is 0.270 e. The smallest absolute Gasteiger partial charge is 0.270 e. The van der Waals surface area contributed by atoms with E-state index in [0.29, 0.717) is 11.5 Å². The van der Waals surface area contributed by atoms with Crippen molar-refractivity contribution in [1.82, 2.24) is 30.0 Å². The molecule has 4 rings (SSSR count). The molecule has 0 saturated carbocycles. The minimum absolute atomic E-state index is 0.0749. The van der Waals surface area contributed by atoms with Crippen molar-refractivity contribution in [3.8, 4) is 11.4 Å². The van der Waals surface area contributed by atoms with E-state index in [1.807, 2.05) is 18.3 Å². The Morgan fingerprint density at radius 3 is 2.96 bits per heavy atom. The maximum absolute atomic E-state index is 12.5. The number of carbonyl (C=O) groups excluding carboxylic acids is 1. The number of amides is 1. The first kappa shape index (κ1) is 15.4. The quantitative estimate of drug-likeness (QED) is 0.792. The second-order valence-corrected chi connectivity index (χ2v) is 6.10. The van der Waals surface area contributed by atoms with Crippen LogP contribution < -0.4 is 5.32 Å². The fraction of sp³-hybridized carbons (Fsp3) is 0.278. The maximum atomic E-state index is 12.5. The Balaban J connectivity index is 1.60. The first-order valence-electron chi connectivity index (χ1n) is 8.27. The first-order valence-corrected chi connectivity index (χ1v) is 8.27. The highest BCUT2D eigenvalue weighted by Gasteiger charge is 2.25. The van der Waals surface area contributed by atoms with Gasteiger partial charge in [-0.2, -0.15) is 5.10 Å². The Kier molecular flexibility index (Phi) is 3.97. The molecule has 3 aromatic rings. The van der Waals surface area contributed by atoms with E-state index in [0.717, 1.165) is 36.1 Å². The number of rotatable bonds is 3. The van der Waals surface area contributed by atoms with Crippen molar-refractivity contribution in [2.24, 2.45) is 7.05 Å². The van der Waals surface area contributed by atoms with E-state index in [1.165, 1.54) is 0 Å². The van der Waals surface area contributed by atoms with Gasteiger partial charge in [0, 0.05) is 48.7 Å². The zero-order valence-electron chi connectivity index (χ0n) is 13.9. The minimum Gasteiger partial charge on any atom is -0.344 e. The van der Waals surface area contributed by atoms with Crippen LogP contribution in [0.3, 0.4) is 0 Å². The van der Waals surface area contributed by atoms with Crippen LogP contribution in [0, 0.1) is 0 Å². The third kappa shape index (κ3) is 3.00. The predicted octanol–water partition coefficient (Wildman–Crippen LogP) is 2.08. The molecule has 0 saturated heterocycles. The number of aromatic nitrogens is 5. The van der Waals surface area contributed by atoms with E-state index in [1.54, 1.807) is 36.4 Å². The third-order valence-corrected chi connectivity index (χ3v) is 4.46. The Bertz CT molecular complexity index is 905. The van der Waals surface area contributed by atoms with Gasteiger partial charge in [0.15, 0.2) is 5.82 Å². The third-order valence-electron chi connectivity index (χ3n) is 4.46. The predicted molar refractivity (Wildman–Crippen MR) is 91.6 cm³/mol. The molecule has 1 unspecified atom stereocenters. The number of nitrogens with zero attached hydrogens (tertiary/aromatic N) is 5. The van der Waals surface area contributed by atoms with Crippen LogP contribution in [0.15, 0.2) is 43.0 Å². The standard InChI is InChI=1S/C18H18N6O/c1-24-16(7-9-21-24)18(25)23-15-6-2-5-14-13(15)11-20-17(22-14)12-4-3-8-19-10-12/h3-4,7-11,15H,2,5-6H2,1H3,(H,23,25). The molecule has 126 valence electrons. The van der Waals surface area contributed by atoms with Crippen molar-refractivity contribution in [2.75, 3.05) is 0 Å². The molecule has 3 heterocycles. The average molecular weight is 334 g/mol. The van der Waals surface area contributed by atoms with Gasteiger partial charge >= 0.3 is 0 Å². The zero-order valence-corrected chi connectivity index (χ0v) is 13.9. The number of hydrogen-bond acceptors (Lipinski definition) is 5. The lowest BCUT2D eigenvalue weighted by Crippen LogP contribution is -2.32. The molecular weight excluding hydrogens is 316 g/mol. The molecule has 0 spiro atoms. The van der Waals surface area contributed by atoms with Crippen molar-refractivity contribution < 1.29 is 4.79 Å². The molecule has 1 aliphatic carbocycles. The van der Waals surface area contributed by atoms with Crippen molar-refractivity contribution in [3.63, 3.8) is 0 Å². The molecule has 1 amide bonds. The summed E-state index contributed by atoms with van der Waals surface area (Å²) in [5.41, 5.74) is 3.43. The highest BCUT2D eigenvalue weighted by molar-refractivity contribution is 5.92. The van der Waals surface area contributed by atoms with Crippen molar-refractivity contribution in [1.29, 1.82) is 0 Å². The lowest BCUT2D eigenvalue weighted by Gasteiger charge is -2.25. The second kappa shape index (κ2) is 6.43. The van der Waals surface area contributed by atoms with Gasteiger partial charge in [0.05, 0.1) is 6.04 Å². The van der Waals surface area contributed by atoms with E-state index in [4.69, 9.17) is 4.98 Å². The molecule has 0 aliphatic heterocycles. The lowest BCUT2D eigenvalue weighted by molar-refractivity contribution is 0.0923. The van der Waals surface area contributed by atoms with Gasteiger partial charge in [0.25, 0.3) is 5.91 Å². The average Bonchev–Trinajstić information content (AvgIpc) is 3.08. The van der Waals surface area contributed by atoms with E-state index in [-0.39, 0.29) is 11.9 Å². The highest BCUT2D eigenvalue weighted by atomic mass is 16.2. The van der Waals surface area contributed by atoms with E-state index >= 15 is 0 Å². The molecule has 7 heteroatoms. The Labute approximate surface area is 145 Å². The Morgan fingerprint density at radius 2 is 2.20 bits per heavy atom. The molecule has 0 radical (unpaired) electrons. The van der Waals surface area contributed by atoms with Gasteiger partial charge in [-0.25, -0.2) is 9.97 Å². The van der Waals surface area contributed by atoms with Crippen LogP contribution in [-0.2, 0) is 13.5 Å². The van der Waals surface area contributed by atoms with E-state index in [2.05, 4.69) is 20.4 Å². The summed E-state index contributed by atoms with van der Waals surface area (Å²) < 4.78 is 1.57. The van der Waals surface area contributed by atoms with E-state index in [9.17, 15) is 4.79 Å². The van der Waals surface area contributed by atoms with Crippen LogP contribution in [-0.4, -0.2) is 30.6 Å². The number of fused-ring (bicyclic) bond motifs is 1. The topological polar surface area (TPSA) is 85.6 Å². The molecule has 0 bridgehead atoms. The Morgan fingerprint density at radius 1 is 1.28 bits per heavy atom. The fourth-order valence-electron chi connectivity index (χ4n) is 3.16. The normalized spacial score (nSPS) is 16.3. The van der Waals surface area contributed by atoms with Crippen LogP contribution in [0.5, 0.6) is 0 Å². The zero-order chi connectivity index (χ0) is 17.2. The van der Waals surface area contributed by atoms with Gasteiger partial charge in [-0.15, -0.1) is 0 Å². The molecule has 0 fully saturated rings. The molecule has 1 atom stereocenters. The molecule has 3 aromatic heterocycles. The SMILES string of the molecule is Cn1nccc1C(=O)NC1CCCc2nc(-c3cccnc3)ncc21. The van der Waals surface area contributed by atoms with Gasteiger partial charge in [0.1, 0.15) is 5.69 Å². The van der Waals surface area contributed by atoms with Crippen LogP contribution in [0.1, 0.15) is 40.6 Å². The lowest BCUT2D eigenvalue weighted by atomic mass is 9.92. The number of hydrogen-bond donors (Lipinski definition) is 1. The number of nitrogens with one attached hydrogen (secondary N) is 1. The van der Waals surface area contributed by atoms with Gasteiger partial charge in [-0.05, 0) is 37.5 Å². The van der Waals surface area contributed by atoms with Gasteiger partial charge in [-0.1, -0.05) is 0 Å². The van der Waals surface area contributed by atoms with Crippen LogP contribution in [0.25, 0.3) is 11.4 Å². The summed E-state index contributed by atoms with van der Waals surface area (Å²) in [5.74, 6) is 0.541. The summed E-state index contributed by atoms with van der Waals surface area (Å²) in [4.78, 5) is 25.8. The summed E-state index contributed by atoms with van der Waals surface area (Å²) >= 11 is 0. The second-order valence-electron chi connectivity index (χ2n) is 6.10. The number of aryl methyl sites for hydroxylation is 2. The monoisotopic (exact) mass is 334 g/mol. The Hall–Kier alpha value is -3.09. The molecule has 0 aromatic carbocycles. The number of carbonyl (C=O) groups is 1. The number of pyridine rings is 1. The molecule has 1 N–H and O–H groups in total. The summed E-state index contributed by atoms with van der Waals surface area (Å²) in [5, 5.41) is 7.13. The molecule has 25 heavy (non-hydrogen) atoms. The summed E-state index contributed by atoms with van der Waals surface area (Å²) in [6.45, 7) is 0. The fourth-order valence-corrected chi connectivity index (χ4v) is 3.16. The van der Waals surface area contributed by atoms with Crippen LogP contribution in [0.2, 0.25) is 0 Å². The molecule has 1 aliphatic rings. The first-order chi connectivity index (χ1) is 12.2. The van der Waals surface area contributed by atoms with Gasteiger partial charge in [-0.3, -0.25) is 14.5 Å². The molecular formula is C18H18N6O. The summed E-state index contributed by atoms with van der Waals surface area (Å²) in [6.07, 6.45) is 9.69. The minimum atomic E-state index is -0.130. The van der Waals surface area contributed by atoms with E-state index < -0.39 is 0 Å². The van der Waals surface area contributed by atoms with Crippen molar-refractivity contribution >= 4 is 5.91 Å². The largest absolute Gasteiger partial charge is 0.344 e. The summed E-state index contributed by atoms with van der Waals surface area (Å²) in [7, 11) is 1.76. The van der Waals surface area contributed by atoms with Crippen molar-refractivity contribution in [2.45, 2.75) is 25.3 Å².